The average molecular weight is 327 g/mol. The summed E-state index contributed by atoms with van der Waals surface area (Å²) in [6.45, 7) is 4.69. The summed E-state index contributed by atoms with van der Waals surface area (Å²) >= 11 is 0. The molecule has 3 rings (SSSR count). The van der Waals surface area contributed by atoms with Crippen LogP contribution in [-0.2, 0) is 16.1 Å². The Balaban J connectivity index is 1.44. The van der Waals surface area contributed by atoms with Crippen LogP contribution in [0.25, 0.3) is 0 Å². The minimum atomic E-state index is -0.183. The molecule has 0 radical (unpaired) electrons. The molecular weight excluding hydrogens is 302 g/mol. The number of aryl methyl sites for hydroxylation is 1. The maximum absolute atomic E-state index is 12.3. The molecule has 2 N–H and O–H groups in total. The summed E-state index contributed by atoms with van der Waals surface area (Å²) < 4.78 is 0. The van der Waals surface area contributed by atoms with E-state index in [4.69, 9.17) is 0 Å². The number of benzene rings is 1. The standard InChI is InChI=1S/C19H25N3O2/c1-14-4-6-15(7-5-14)13-21-18(23)16-8-11-22(12-9-16)19(24)17-3-2-10-20-17/h2-7,16-17,20H,8-13H2,1H3,(H,21,23). The number of nitrogens with one attached hydrogen (secondary N) is 2. The number of amides is 2. The molecule has 0 saturated carbocycles. The molecule has 0 bridgehead atoms. The maximum Gasteiger partial charge on any atom is 0.243 e. The third-order valence-electron chi connectivity index (χ3n) is 4.81. The predicted molar refractivity (Wildman–Crippen MR) is 93.3 cm³/mol. The molecule has 0 aliphatic carbocycles. The molecule has 1 unspecified atom stereocenters. The zero-order valence-corrected chi connectivity index (χ0v) is 14.1. The van der Waals surface area contributed by atoms with Gasteiger partial charge in [0.2, 0.25) is 11.8 Å². The monoisotopic (exact) mass is 327 g/mol. The number of hydrogen-bond donors (Lipinski definition) is 2. The summed E-state index contributed by atoms with van der Waals surface area (Å²) in [5.41, 5.74) is 2.33. The van der Waals surface area contributed by atoms with Crippen LogP contribution in [0.3, 0.4) is 0 Å². The van der Waals surface area contributed by atoms with Crippen molar-refractivity contribution in [3.63, 3.8) is 0 Å². The summed E-state index contributed by atoms with van der Waals surface area (Å²) in [6, 6.07) is 8.00. The van der Waals surface area contributed by atoms with E-state index in [9.17, 15) is 9.59 Å². The van der Waals surface area contributed by atoms with Crippen molar-refractivity contribution in [2.75, 3.05) is 19.6 Å². The SMILES string of the molecule is Cc1ccc(CNC(=O)C2CCN(C(=O)C3C=CCN3)CC2)cc1. The minimum Gasteiger partial charge on any atom is -0.352 e. The van der Waals surface area contributed by atoms with Crippen LogP contribution >= 0.6 is 0 Å². The Morgan fingerprint density at radius 3 is 2.54 bits per heavy atom. The third-order valence-corrected chi connectivity index (χ3v) is 4.81. The van der Waals surface area contributed by atoms with E-state index in [0.29, 0.717) is 19.6 Å². The number of carbonyl (C=O) groups excluding carboxylic acids is 2. The van der Waals surface area contributed by atoms with Gasteiger partial charge < -0.3 is 10.2 Å². The first-order valence-corrected chi connectivity index (χ1v) is 8.65. The van der Waals surface area contributed by atoms with Crippen LogP contribution in [-0.4, -0.2) is 42.4 Å². The number of rotatable bonds is 4. The fourth-order valence-corrected chi connectivity index (χ4v) is 3.24. The van der Waals surface area contributed by atoms with Crippen LogP contribution < -0.4 is 10.6 Å². The Morgan fingerprint density at radius 1 is 1.21 bits per heavy atom. The van der Waals surface area contributed by atoms with Gasteiger partial charge in [0.15, 0.2) is 0 Å². The normalized spacial score (nSPS) is 21.0. The second kappa shape index (κ2) is 7.62. The molecule has 5 nitrogen and oxygen atoms in total. The lowest BCUT2D eigenvalue weighted by molar-refractivity contribution is -0.136. The third kappa shape index (κ3) is 4.03. The predicted octanol–water partition coefficient (Wildman–Crippen LogP) is 1.38. The first kappa shape index (κ1) is 16.7. The second-order valence-electron chi connectivity index (χ2n) is 6.62. The molecule has 1 fully saturated rings. The Morgan fingerprint density at radius 2 is 1.92 bits per heavy atom. The van der Waals surface area contributed by atoms with Crippen molar-refractivity contribution in [2.24, 2.45) is 5.92 Å². The van der Waals surface area contributed by atoms with Crippen molar-refractivity contribution in [3.8, 4) is 0 Å². The number of carbonyl (C=O) groups is 2. The Labute approximate surface area is 143 Å². The quantitative estimate of drug-likeness (QED) is 0.821. The van der Waals surface area contributed by atoms with Crippen LogP contribution in [0, 0.1) is 12.8 Å². The van der Waals surface area contributed by atoms with Crippen molar-refractivity contribution < 1.29 is 9.59 Å². The van der Waals surface area contributed by atoms with Gasteiger partial charge >= 0.3 is 0 Å². The van der Waals surface area contributed by atoms with Crippen LogP contribution in [0.2, 0.25) is 0 Å². The van der Waals surface area contributed by atoms with Gasteiger partial charge in [-0.05, 0) is 25.3 Å². The molecule has 1 aromatic carbocycles. The van der Waals surface area contributed by atoms with Gasteiger partial charge in [0.1, 0.15) is 6.04 Å². The van der Waals surface area contributed by atoms with E-state index >= 15 is 0 Å². The van der Waals surface area contributed by atoms with Crippen molar-refractivity contribution in [3.05, 3.63) is 47.5 Å². The molecule has 24 heavy (non-hydrogen) atoms. The van der Waals surface area contributed by atoms with Gasteiger partial charge in [-0.25, -0.2) is 0 Å². The molecule has 1 saturated heterocycles. The van der Waals surface area contributed by atoms with E-state index < -0.39 is 0 Å². The first-order valence-electron chi connectivity index (χ1n) is 8.65. The summed E-state index contributed by atoms with van der Waals surface area (Å²) in [5.74, 6) is 0.232. The molecule has 2 aliphatic heterocycles. The van der Waals surface area contributed by atoms with Crippen LogP contribution in [0.1, 0.15) is 24.0 Å². The topological polar surface area (TPSA) is 61.4 Å². The highest BCUT2D eigenvalue weighted by molar-refractivity contribution is 5.85. The first-order chi connectivity index (χ1) is 11.6. The highest BCUT2D eigenvalue weighted by Crippen LogP contribution is 2.19. The van der Waals surface area contributed by atoms with Crippen LogP contribution in [0.5, 0.6) is 0 Å². The summed E-state index contributed by atoms with van der Waals surface area (Å²) in [5, 5.41) is 6.17. The smallest absolute Gasteiger partial charge is 0.243 e. The molecule has 5 heteroatoms. The largest absolute Gasteiger partial charge is 0.352 e. The average Bonchev–Trinajstić information content (AvgIpc) is 3.15. The Bertz CT molecular complexity index is 616. The number of hydrogen-bond acceptors (Lipinski definition) is 3. The number of nitrogens with zero attached hydrogens (tertiary/aromatic N) is 1. The lowest BCUT2D eigenvalue weighted by Crippen LogP contribution is -2.48. The maximum atomic E-state index is 12.3. The summed E-state index contributed by atoms with van der Waals surface area (Å²) in [6.07, 6.45) is 5.38. The molecule has 2 heterocycles. The Hall–Kier alpha value is -2.14. The molecule has 0 spiro atoms. The van der Waals surface area contributed by atoms with Gasteiger partial charge in [0, 0.05) is 32.1 Å². The van der Waals surface area contributed by atoms with Gasteiger partial charge in [-0.2, -0.15) is 0 Å². The molecule has 128 valence electrons. The van der Waals surface area contributed by atoms with Crippen LogP contribution in [0.4, 0.5) is 0 Å². The zero-order valence-electron chi connectivity index (χ0n) is 14.1. The number of likely N-dealkylation sites (tertiary alicyclic amines) is 1. The van der Waals surface area contributed by atoms with Crippen molar-refractivity contribution in [1.82, 2.24) is 15.5 Å². The van der Waals surface area contributed by atoms with E-state index in [2.05, 4.69) is 22.8 Å². The van der Waals surface area contributed by atoms with Gasteiger partial charge in [-0.15, -0.1) is 0 Å². The highest BCUT2D eigenvalue weighted by Gasteiger charge is 2.30. The van der Waals surface area contributed by atoms with E-state index in [1.54, 1.807) is 0 Å². The number of piperidine rings is 1. The highest BCUT2D eigenvalue weighted by atomic mass is 16.2. The molecule has 0 aromatic heterocycles. The van der Waals surface area contributed by atoms with Gasteiger partial charge in [-0.3, -0.25) is 14.9 Å². The molecule has 2 amide bonds. The lowest BCUT2D eigenvalue weighted by atomic mass is 9.95. The molecular formula is C19H25N3O2. The minimum absolute atomic E-state index is 0.00609. The summed E-state index contributed by atoms with van der Waals surface area (Å²) in [7, 11) is 0. The van der Waals surface area contributed by atoms with E-state index in [0.717, 1.165) is 24.9 Å². The fraction of sp³-hybridized carbons (Fsp3) is 0.474. The van der Waals surface area contributed by atoms with Crippen molar-refractivity contribution in [2.45, 2.75) is 32.4 Å². The zero-order chi connectivity index (χ0) is 16.9. The van der Waals surface area contributed by atoms with Gasteiger partial charge in [0.25, 0.3) is 0 Å². The molecule has 1 atom stereocenters. The van der Waals surface area contributed by atoms with E-state index in [-0.39, 0.29) is 23.8 Å². The van der Waals surface area contributed by atoms with Crippen molar-refractivity contribution in [1.29, 1.82) is 0 Å². The van der Waals surface area contributed by atoms with Gasteiger partial charge in [0.05, 0.1) is 0 Å². The molecule has 1 aromatic rings. The van der Waals surface area contributed by atoms with E-state index in [1.807, 2.05) is 36.1 Å². The van der Waals surface area contributed by atoms with Gasteiger partial charge in [-0.1, -0.05) is 42.0 Å². The van der Waals surface area contributed by atoms with Crippen LogP contribution in [0.15, 0.2) is 36.4 Å². The van der Waals surface area contributed by atoms with Crippen molar-refractivity contribution >= 4 is 11.8 Å². The van der Waals surface area contributed by atoms with E-state index in [1.165, 1.54) is 5.56 Å². The fourth-order valence-electron chi connectivity index (χ4n) is 3.24. The second-order valence-corrected chi connectivity index (χ2v) is 6.62. The molecule has 2 aliphatic rings. The Kier molecular flexibility index (Phi) is 5.30. The summed E-state index contributed by atoms with van der Waals surface area (Å²) in [4.78, 5) is 26.5. The lowest BCUT2D eigenvalue weighted by Gasteiger charge is -2.32.